The van der Waals surface area contributed by atoms with E-state index in [4.69, 9.17) is 4.74 Å². The van der Waals surface area contributed by atoms with Crippen molar-refractivity contribution in [3.63, 3.8) is 0 Å². The molecule has 146 valence electrons. The zero-order valence-electron chi connectivity index (χ0n) is 15.0. The van der Waals surface area contributed by atoms with Crippen LogP contribution in [0, 0.1) is 5.92 Å². The van der Waals surface area contributed by atoms with E-state index in [-0.39, 0.29) is 30.5 Å². The second-order valence-corrected chi connectivity index (χ2v) is 5.89. The van der Waals surface area contributed by atoms with Crippen molar-refractivity contribution in [2.24, 2.45) is 5.92 Å². The van der Waals surface area contributed by atoms with E-state index in [0.717, 1.165) is 19.2 Å². The van der Waals surface area contributed by atoms with Crippen molar-refractivity contribution in [2.45, 2.75) is 38.0 Å². The minimum absolute atomic E-state index is 0.0264. The van der Waals surface area contributed by atoms with E-state index in [9.17, 15) is 22.8 Å². The normalized spacial score (nSPS) is 15.0. The summed E-state index contributed by atoms with van der Waals surface area (Å²) in [6.45, 7) is 1.59. The highest BCUT2D eigenvalue weighted by Crippen LogP contribution is 2.43. The molecule has 0 heterocycles. The van der Waals surface area contributed by atoms with Crippen LogP contribution in [0.1, 0.15) is 31.7 Å². The molecular formula is C18H23F3O5. The van der Waals surface area contributed by atoms with Crippen LogP contribution in [-0.2, 0) is 29.4 Å². The first-order chi connectivity index (χ1) is 12.2. The van der Waals surface area contributed by atoms with E-state index in [1.165, 1.54) is 25.3 Å². The molecule has 1 rings (SSSR count). The van der Waals surface area contributed by atoms with Gasteiger partial charge in [-0.1, -0.05) is 37.3 Å². The molecule has 0 aliphatic heterocycles. The van der Waals surface area contributed by atoms with E-state index in [0.29, 0.717) is 12.8 Å². The lowest BCUT2D eigenvalue weighted by molar-refractivity contribution is -0.276. The summed E-state index contributed by atoms with van der Waals surface area (Å²) in [7, 11) is 2.10. The number of carbonyl (C=O) groups is 2. The third kappa shape index (κ3) is 5.20. The summed E-state index contributed by atoms with van der Waals surface area (Å²) in [4.78, 5) is 23.4. The van der Waals surface area contributed by atoms with Crippen LogP contribution in [-0.4, -0.2) is 38.9 Å². The number of benzene rings is 1. The molecule has 0 aliphatic rings. The van der Waals surface area contributed by atoms with Gasteiger partial charge in [0, 0.05) is 19.1 Å². The summed E-state index contributed by atoms with van der Waals surface area (Å²) in [6, 6.07) is 6.64. The quantitative estimate of drug-likeness (QED) is 0.616. The molecule has 0 bridgehead atoms. The van der Waals surface area contributed by atoms with Gasteiger partial charge in [-0.2, -0.15) is 13.2 Å². The second-order valence-electron chi connectivity index (χ2n) is 5.89. The predicted molar refractivity (Wildman–Crippen MR) is 87.2 cm³/mol. The zero-order valence-corrected chi connectivity index (χ0v) is 15.0. The number of alkyl halides is 3. The van der Waals surface area contributed by atoms with E-state index < -0.39 is 17.7 Å². The summed E-state index contributed by atoms with van der Waals surface area (Å²) in [5, 5.41) is 0. The van der Waals surface area contributed by atoms with Gasteiger partial charge in [0.1, 0.15) is 0 Å². The summed E-state index contributed by atoms with van der Waals surface area (Å²) in [6.07, 6.45) is -4.00. The van der Waals surface area contributed by atoms with Crippen LogP contribution in [0.15, 0.2) is 30.3 Å². The molecule has 1 aromatic rings. The van der Waals surface area contributed by atoms with Crippen LogP contribution < -0.4 is 0 Å². The van der Waals surface area contributed by atoms with Gasteiger partial charge in [0.05, 0.1) is 13.7 Å². The number of carbonyl (C=O) groups excluding carboxylic acids is 2. The van der Waals surface area contributed by atoms with Gasteiger partial charge in [0.15, 0.2) is 0 Å². The molecule has 2 atom stereocenters. The molecular weight excluding hydrogens is 353 g/mol. The minimum atomic E-state index is -4.99. The van der Waals surface area contributed by atoms with Crippen molar-refractivity contribution < 1.29 is 37.0 Å². The smallest absolute Gasteiger partial charge is 0.432 e. The average molecular weight is 376 g/mol. The minimum Gasteiger partial charge on any atom is -0.469 e. The van der Waals surface area contributed by atoms with Crippen LogP contribution in [0.4, 0.5) is 13.2 Å². The fraction of sp³-hybridized carbons (Fsp3) is 0.556. The fourth-order valence-corrected chi connectivity index (χ4v) is 2.45. The van der Waals surface area contributed by atoms with Gasteiger partial charge in [0.2, 0.25) is 0 Å². The van der Waals surface area contributed by atoms with Gasteiger partial charge >= 0.3 is 18.1 Å². The van der Waals surface area contributed by atoms with Crippen molar-refractivity contribution in [1.82, 2.24) is 0 Å². The molecule has 0 aliphatic carbocycles. The Labute approximate surface area is 150 Å². The summed E-state index contributed by atoms with van der Waals surface area (Å²) in [5.41, 5.74) is -3.53. The van der Waals surface area contributed by atoms with Gasteiger partial charge in [-0.05, 0) is 18.8 Å². The number of esters is 2. The topological polar surface area (TPSA) is 61.8 Å². The van der Waals surface area contributed by atoms with E-state index in [2.05, 4.69) is 9.47 Å². The average Bonchev–Trinajstić information content (AvgIpc) is 2.60. The molecule has 26 heavy (non-hydrogen) atoms. The SMILES string of the molecule is COC(=O)CC[C@@H](C)CCOC(=O)[C@@](OC)(c1ccccc1)C(F)(F)F. The number of halogens is 3. The van der Waals surface area contributed by atoms with Crippen LogP contribution in [0.5, 0.6) is 0 Å². The van der Waals surface area contributed by atoms with Crippen molar-refractivity contribution in [2.75, 3.05) is 20.8 Å². The standard InChI is InChI=1S/C18H23F3O5/c1-13(9-10-15(22)24-2)11-12-26-16(23)17(25-3,18(19,20)21)14-7-5-4-6-8-14/h4-8,13H,9-12H2,1-3H3/t13-,17+/m1/s1. The number of hydrogen-bond acceptors (Lipinski definition) is 5. The maximum atomic E-state index is 13.7. The molecule has 0 unspecified atom stereocenters. The first-order valence-electron chi connectivity index (χ1n) is 8.10. The molecule has 5 nitrogen and oxygen atoms in total. The Morgan fingerprint density at radius 3 is 2.19 bits per heavy atom. The third-order valence-electron chi connectivity index (χ3n) is 4.09. The second kappa shape index (κ2) is 9.56. The van der Waals surface area contributed by atoms with E-state index in [1.54, 1.807) is 6.92 Å². The molecule has 1 aromatic carbocycles. The van der Waals surface area contributed by atoms with Gasteiger partial charge in [-0.3, -0.25) is 4.79 Å². The van der Waals surface area contributed by atoms with Crippen molar-refractivity contribution >= 4 is 11.9 Å². The Bertz CT molecular complexity index is 588. The Hall–Kier alpha value is -2.09. The highest BCUT2D eigenvalue weighted by molar-refractivity contribution is 5.82. The summed E-state index contributed by atoms with van der Waals surface area (Å²) < 4.78 is 55.1. The fourth-order valence-electron chi connectivity index (χ4n) is 2.45. The highest BCUT2D eigenvalue weighted by atomic mass is 19.4. The van der Waals surface area contributed by atoms with Crippen LogP contribution in [0.2, 0.25) is 0 Å². The van der Waals surface area contributed by atoms with Gasteiger partial charge in [-0.15, -0.1) is 0 Å². The number of hydrogen-bond donors (Lipinski definition) is 0. The van der Waals surface area contributed by atoms with E-state index >= 15 is 0 Å². The first kappa shape index (κ1) is 22.0. The Balaban J connectivity index is 2.78. The maximum absolute atomic E-state index is 13.7. The third-order valence-corrected chi connectivity index (χ3v) is 4.09. The summed E-state index contributed by atoms with van der Waals surface area (Å²) in [5.74, 6) is -1.91. The lowest BCUT2D eigenvalue weighted by Crippen LogP contribution is -2.51. The number of methoxy groups -OCH3 is 2. The largest absolute Gasteiger partial charge is 0.469 e. The van der Waals surface area contributed by atoms with Crippen LogP contribution >= 0.6 is 0 Å². The first-order valence-corrected chi connectivity index (χ1v) is 8.10. The van der Waals surface area contributed by atoms with Crippen molar-refractivity contribution in [3.05, 3.63) is 35.9 Å². The molecule has 0 saturated heterocycles. The summed E-state index contributed by atoms with van der Waals surface area (Å²) >= 11 is 0. The molecule has 0 spiro atoms. The highest BCUT2D eigenvalue weighted by Gasteiger charge is 2.64. The molecule has 0 saturated carbocycles. The molecule has 0 amide bonds. The number of rotatable bonds is 9. The van der Waals surface area contributed by atoms with Gasteiger partial charge in [-0.25, -0.2) is 4.79 Å². The Kier molecular flexibility index (Phi) is 8.08. The zero-order chi connectivity index (χ0) is 19.8. The lowest BCUT2D eigenvalue weighted by Gasteiger charge is -2.32. The van der Waals surface area contributed by atoms with Gasteiger partial charge in [0.25, 0.3) is 5.60 Å². The van der Waals surface area contributed by atoms with E-state index in [1.807, 2.05) is 0 Å². The molecule has 0 N–H and O–H groups in total. The van der Waals surface area contributed by atoms with Crippen molar-refractivity contribution in [3.8, 4) is 0 Å². The lowest BCUT2D eigenvalue weighted by atomic mass is 9.92. The predicted octanol–water partition coefficient (Wildman–Crippen LogP) is 3.61. The monoisotopic (exact) mass is 376 g/mol. The van der Waals surface area contributed by atoms with Crippen molar-refractivity contribution in [1.29, 1.82) is 0 Å². The molecule has 8 heteroatoms. The molecule has 0 radical (unpaired) electrons. The number of ether oxygens (including phenoxy) is 3. The maximum Gasteiger partial charge on any atom is 0.432 e. The van der Waals surface area contributed by atoms with Crippen LogP contribution in [0.25, 0.3) is 0 Å². The Morgan fingerprint density at radius 1 is 1.08 bits per heavy atom. The molecule has 0 aromatic heterocycles. The Morgan fingerprint density at radius 2 is 1.69 bits per heavy atom. The van der Waals surface area contributed by atoms with Crippen LogP contribution in [0.3, 0.4) is 0 Å². The molecule has 0 fully saturated rings. The van der Waals surface area contributed by atoms with Gasteiger partial charge < -0.3 is 14.2 Å².